The highest BCUT2D eigenvalue weighted by Gasteiger charge is 2.51. The second-order valence-electron chi connectivity index (χ2n) is 13.7. The summed E-state index contributed by atoms with van der Waals surface area (Å²) in [5, 5.41) is 104. The fraction of sp³-hybridized carbons (Fsp3) is 0.514. The molecule has 10 N–H and O–H groups in total. The van der Waals surface area contributed by atoms with Gasteiger partial charge < -0.3 is 79.2 Å². The molecule has 2 aliphatic heterocycles. The average molecular weight is 765 g/mol. The molecule has 3 heterocycles. The fourth-order valence-corrected chi connectivity index (χ4v) is 6.58. The molecule has 3 aromatic rings. The lowest BCUT2D eigenvalue weighted by atomic mass is 9.82. The maximum Gasteiger partial charge on any atom is 0.309 e. The van der Waals surface area contributed by atoms with Gasteiger partial charge in [-0.1, -0.05) is 0 Å². The standard InChI is InChI=1S/C35H40O19/c1-13-24(42)27(45)29(47)33(50-13)49-12-21-25(43)28(46)32(53-22(41)11-35(48)6-4-15(36)5-7-35)34(52-21)54-31-26(44)23-19(40)9-16(37)10-20(23)51-30(31)14-2-3-17(38)18(39)8-14/h2-3,8-10,13,21,24-25,27-29,32-34,37-40,42-43,45-48H,4-7,11-12H2,1H3. The van der Waals surface area contributed by atoms with E-state index in [1.165, 1.54) is 13.0 Å². The number of carbonyl (C=O) groups excluding carboxylic acids is 2. The lowest BCUT2D eigenvalue weighted by molar-refractivity contribution is -0.319. The first-order valence-electron chi connectivity index (χ1n) is 16.9. The first-order valence-corrected chi connectivity index (χ1v) is 16.9. The molecule has 3 aliphatic rings. The number of rotatable bonds is 9. The predicted octanol–water partition coefficient (Wildman–Crippen LogP) is -0.872. The predicted molar refractivity (Wildman–Crippen MR) is 177 cm³/mol. The lowest BCUT2D eigenvalue weighted by Gasteiger charge is -2.43. The molecule has 54 heavy (non-hydrogen) atoms. The van der Waals surface area contributed by atoms with Crippen molar-refractivity contribution >= 4 is 22.7 Å². The molecule has 19 heteroatoms. The Kier molecular flexibility index (Phi) is 11.1. The number of aliphatic hydroxyl groups is 6. The van der Waals surface area contributed by atoms with Crippen LogP contribution >= 0.6 is 0 Å². The second kappa shape index (κ2) is 15.3. The van der Waals surface area contributed by atoms with E-state index in [1.54, 1.807) is 0 Å². The molecule has 3 fully saturated rings. The van der Waals surface area contributed by atoms with Crippen molar-refractivity contribution in [1.29, 1.82) is 0 Å². The molecular formula is C35H40O19. The summed E-state index contributed by atoms with van der Waals surface area (Å²) in [7, 11) is 0. The van der Waals surface area contributed by atoms with Crippen LogP contribution in [0.25, 0.3) is 22.3 Å². The Hall–Kier alpha value is -4.57. The average Bonchev–Trinajstić information content (AvgIpc) is 3.11. The summed E-state index contributed by atoms with van der Waals surface area (Å²) >= 11 is 0. The van der Waals surface area contributed by atoms with Gasteiger partial charge in [-0.15, -0.1) is 0 Å². The Morgan fingerprint density at radius 2 is 1.54 bits per heavy atom. The van der Waals surface area contributed by atoms with Gasteiger partial charge in [0.05, 0.1) is 24.7 Å². The summed E-state index contributed by atoms with van der Waals surface area (Å²) < 4.78 is 34.2. The SMILES string of the molecule is CC1OC(OCC2OC(Oc3c(-c4ccc(O)c(O)c4)oc4cc(O)cc(O)c4c3=O)C(OC(=O)CC3(O)CCC(=O)CC3)C(O)C2O)C(O)C(O)C1O. The molecule has 0 amide bonds. The second-order valence-corrected chi connectivity index (χ2v) is 13.7. The molecule has 0 bridgehead atoms. The molecule has 1 aliphatic carbocycles. The molecule has 2 aromatic carbocycles. The maximum absolute atomic E-state index is 14.0. The molecule has 0 radical (unpaired) electrons. The number of hydrogen-bond donors (Lipinski definition) is 10. The molecule has 10 atom stereocenters. The molecule has 1 aromatic heterocycles. The summed E-state index contributed by atoms with van der Waals surface area (Å²) in [6.45, 7) is 0.699. The number of phenolic OH excluding ortho intramolecular Hbond substituents is 4. The van der Waals surface area contributed by atoms with Crippen LogP contribution < -0.4 is 10.2 Å². The minimum atomic E-state index is -2.06. The van der Waals surface area contributed by atoms with E-state index in [-0.39, 0.29) is 42.6 Å². The number of hydrogen-bond acceptors (Lipinski definition) is 19. The van der Waals surface area contributed by atoms with E-state index in [0.29, 0.717) is 0 Å². The van der Waals surface area contributed by atoms with Gasteiger partial charge in [-0.25, -0.2) is 0 Å². The van der Waals surface area contributed by atoms with Crippen molar-refractivity contribution in [2.45, 2.75) is 106 Å². The zero-order valence-corrected chi connectivity index (χ0v) is 28.5. The number of ketones is 1. The van der Waals surface area contributed by atoms with Crippen LogP contribution in [-0.2, 0) is 28.5 Å². The van der Waals surface area contributed by atoms with Crippen molar-refractivity contribution in [2.75, 3.05) is 6.61 Å². The highest BCUT2D eigenvalue weighted by molar-refractivity contribution is 5.88. The Bertz CT molecular complexity index is 1930. The van der Waals surface area contributed by atoms with E-state index >= 15 is 0 Å². The van der Waals surface area contributed by atoms with Crippen molar-refractivity contribution in [2.24, 2.45) is 0 Å². The van der Waals surface area contributed by atoms with Gasteiger partial charge in [-0.05, 0) is 38.0 Å². The van der Waals surface area contributed by atoms with E-state index in [2.05, 4.69) is 0 Å². The fourth-order valence-electron chi connectivity index (χ4n) is 6.58. The summed E-state index contributed by atoms with van der Waals surface area (Å²) in [6.07, 6.45) is -17.8. The van der Waals surface area contributed by atoms with Crippen LogP contribution in [0, 0.1) is 0 Å². The summed E-state index contributed by atoms with van der Waals surface area (Å²) in [4.78, 5) is 39.0. The van der Waals surface area contributed by atoms with Crippen molar-refractivity contribution in [3.05, 3.63) is 40.6 Å². The smallest absolute Gasteiger partial charge is 0.309 e. The van der Waals surface area contributed by atoms with Crippen molar-refractivity contribution in [1.82, 2.24) is 0 Å². The topological polar surface area (TPSA) is 313 Å². The van der Waals surface area contributed by atoms with Gasteiger partial charge in [0.2, 0.25) is 17.5 Å². The molecule has 10 unspecified atom stereocenters. The first-order chi connectivity index (χ1) is 25.5. The van der Waals surface area contributed by atoms with Crippen molar-refractivity contribution in [3.63, 3.8) is 0 Å². The van der Waals surface area contributed by atoms with Gasteiger partial charge in [0.1, 0.15) is 64.9 Å². The number of ether oxygens (including phenoxy) is 5. The van der Waals surface area contributed by atoms with Crippen LogP contribution in [0.1, 0.15) is 39.0 Å². The van der Waals surface area contributed by atoms with Gasteiger partial charge in [-0.3, -0.25) is 14.4 Å². The van der Waals surface area contributed by atoms with Crippen LogP contribution in [0.5, 0.6) is 28.7 Å². The Balaban J connectivity index is 1.37. The molecule has 294 valence electrons. The van der Waals surface area contributed by atoms with Gasteiger partial charge >= 0.3 is 5.97 Å². The molecule has 6 rings (SSSR count). The zero-order chi connectivity index (χ0) is 39.2. The molecule has 2 saturated heterocycles. The molecule has 19 nitrogen and oxygen atoms in total. The number of benzene rings is 2. The molecule has 0 spiro atoms. The van der Waals surface area contributed by atoms with Crippen LogP contribution in [0.4, 0.5) is 0 Å². The zero-order valence-electron chi connectivity index (χ0n) is 28.5. The minimum absolute atomic E-state index is 0.0111. The minimum Gasteiger partial charge on any atom is -0.508 e. The number of esters is 1. The third kappa shape index (κ3) is 7.81. The summed E-state index contributed by atoms with van der Waals surface area (Å²) in [6, 6.07) is 5.09. The third-order valence-electron chi connectivity index (χ3n) is 9.75. The van der Waals surface area contributed by atoms with E-state index in [4.69, 9.17) is 28.1 Å². The van der Waals surface area contributed by atoms with Crippen molar-refractivity contribution < 1.29 is 88.8 Å². The van der Waals surface area contributed by atoms with E-state index in [9.17, 15) is 65.4 Å². The lowest BCUT2D eigenvalue weighted by Crippen LogP contribution is -2.62. The molecular weight excluding hydrogens is 724 g/mol. The van der Waals surface area contributed by atoms with Crippen LogP contribution in [0.3, 0.4) is 0 Å². The number of Topliss-reactive ketones (excluding diaryl/α,β-unsaturated/α-hetero) is 1. The molecule has 1 saturated carbocycles. The van der Waals surface area contributed by atoms with Crippen LogP contribution in [0.15, 0.2) is 39.5 Å². The summed E-state index contributed by atoms with van der Waals surface area (Å²) in [5.74, 6) is -4.91. The van der Waals surface area contributed by atoms with E-state index in [1.807, 2.05) is 0 Å². The van der Waals surface area contributed by atoms with E-state index < -0.39 is 131 Å². The largest absolute Gasteiger partial charge is 0.508 e. The highest BCUT2D eigenvalue weighted by atomic mass is 16.7. The maximum atomic E-state index is 14.0. The van der Waals surface area contributed by atoms with Crippen LogP contribution in [-0.4, -0.2) is 136 Å². The van der Waals surface area contributed by atoms with Gasteiger partial charge in [0.25, 0.3) is 0 Å². The summed E-state index contributed by atoms with van der Waals surface area (Å²) in [5.41, 5.74) is -3.18. The van der Waals surface area contributed by atoms with E-state index in [0.717, 1.165) is 24.3 Å². The number of aromatic hydroxyl groups is 4. The van der Waals surface area contributed by atoms with Crippen molar-refractivity contribution in [3.8, 4) is 40.1 Å². The Morgan fingerprint density at radius 3 is 2.22 bits per heavy atom. The van der Waals surface area contributed by atoms with Crippen LogP contribution in [0.2, 0.25) is 0 Å². The Labute approximate surface area is 304 Å². The number of phenols is 4. The number of fused-ring (bicyclic) bond motifs is 1. The first kappa shape index (κ1) is 39.1. The van der Waals surface area contributed by atoms with Gasteiger partial charge in [0, 0.05) is 30.5 Å². The highest BCUT2D eigenvalue weighted by Crippen LogP contribution is 2.40. The quantitative estimate of drug-likeness (QED) is 0.0935. The number of carbonyl (C=O) groups is 2. The normalized spacial score (nSPS) is 31.3. The van der Waals surface area contributed by atoms with Gasteiger partial charge in [-0.2, -0.15) is 0 Å². The van der Waals surface area contributed by atoms with Gasteiger partial charge in [0.15, 0.2) is 29.7 Å². The Morgan fingerprint density at radius 1 is 0.833 bits per heavy atom. The monoisotopic (exact) mass is 764 g/mol. The third-order valence-corrected chi connectivity index (χ3v) is 9.75. The number of aliphatic hydroxyl groups excluding tert-OH is 5.